The second-order valence-electron chi connectivity index (χ2n) is 3.70. The van der Waals surface area contributed by atoms with Crippen LogP contribution in [0.2, 0.25) is 0 Å². The number of methoxy groups -OCH3 is 1. The van der Waals surface area contributed by atoms with E-state index in [-0.39, 0.29) is 0 Å². The van der Waals surface area contributed by atoms with Crippen molar-refractivity contribution < 1.29 is 9.26 Å². The second kappa shape index (κ2) is 4.86. The van der Waals surface area contributed by atoms with Crippen molar-refractivity contribution in [2.24, 2.45) is 0 Å². The van der Waals surface area contributed by atoms with Crippen molar-refractivity contribution >= 4 is 5.82 Å². The molecule has 0 spiro atoms. The lowest BCUT2D eigenvalue weighted by molar-refractivity contribution is 0.405. The zero-order valence-corrected chi connectivity index (χ0v) is 9.93. The number of nitrogens with two attached hydrogens (primary N) is 1. The second-order valence-corrected chi connectivity index (χ2v) is 3.70. The van der Waals surface area contributed by atoms with Gasteiger partial charge < -0.3 is 15.0 Å². The molecule has 2 aromatic rings. The number of pyridine rings is 1. The Morgan fingerprint density at radius 3 is 3.00 bits per heavy atom. The molecule has 0 fully saturated rings. The van der Waals surface area contributed by atoms with Gasteiger partial charge in [0.2, 0.25) is 0 Å². The van der Waals surface area contributed by atoms with E-state index in [9.17, 15) is 0 Å². The van der Waals surface area contributed by atoms with Crippen molar-refractivity contribution in [1.29, 1.82) is 0 Å². The average Bonchev–Trinajstić information content (AvgIpc) is 2.72. The van der Waals surface area contributed by atoms with Crippen LogP contribution in [0.25, 0.3) is 11.3 Å². The van der Waals surface area contributed by atoms with Gasteiger partial charge in [0.1, 0.15) is 5.75 Å². The van der Waals surface area contributed by atoms with E-state index in [1.165, 1.54) is 0 Å². The molecule has 0 atom stereocenters. The standard InChI is InChI=1S/C12H15N3O2/c1-3-4-9-11(17-15-12(9)13)8-5-6-14-7-10(8)16-2/h5-7H,3-4H2,1-2H3,(H2,13,15). The Labute approximate surface area is 99.6 Å². The van der Waals surface area contributed by atoms with Crippen LogP contribution in [0.15, 0.2) is 23.0 Å². The summed E-state index contributed by atoms with van der Waals surface area (Å²) in [5, 5.41) is 3.81. The highest BCUT2D eigenvalue weighted by molar-refractivity contribution is 5.71. The normalized spacial score (nSPS) is 10.5. The third-order valence-corrected chi connectivity index (χ3v) is 2.57. The lowest BCUT2D eigenvalue weighted by atomic mass is 10.1. The number of anilines is 1. The van der Waals surface area contributed by atoms with E-state index in [0.29, 0.717) is 17.3 Å². The summed E-state index contributed by atoms with van der Waals surface area (Å²) in [6.45, 7) is 2.08. The fourth-order valence-electron chi connectivity index (χ4n) is 1.75. The summed E-state index contributed by atoms with van der Waals surface area (Å²) in [6.07, 6.45) is 5.14. The topological polar surface area (TPSA) is 74.2 Å². The van der Waals surface area contributed by atoms with Crippen molar-refractivity contribution in [2.45, 2.75) is 19.8 Å². The molecule has 5 heteroatoms. The molecule has 2 heterocycles. The van der Waals surface area contributed by atoms with Crippen LogP contribution < -0.4 is 10.5 Å². The van der Waals surface area contributed by atoms with Crippen LogP contribution in [-0.4, -0.2) is 17.3 Å². The third kappa shape index (κ3) is 2.08. The molecule has 0 aliphatic rings. The van der Waals surface area contributed by atoms with Crippen molar-refractivity contribution in [2.75, 3.05) is 12.8 Å². The quantitative estimate of drug-likeness (QED) is 0.876. The van der Waals surface area contributed by atoms with Crippen molar-refractivity contribution in [1.82, 2.24) is 10.1 Å². The Hall–Kier alpha value is -2.04. The highest BCUT2D eigenvalue weighted by Crippen LogP contribution is 2.34. The van der Waals surface area contributed by atoms with Crippen LogP contribution in [0.1, 0.15) is 18.9 Å². The van der Waals surface area contributed by atoms with Gasteiger partial charge >= 0.3 is 0 Å². The molecular weight excluding hydrogens is 218 g/mol. The number of nitrogen functional groups attached to an aromatic ring is 1. The number of rotatable bonds is 4. The molecule has 0 bridgehead atoms. The minimum Gasteiger partial charge on any atom is -0.494 e. The Morgan fingerprint density at radius 2 is 2.29 bits per heavy atom. The maximum absolute atomic E-state index is 5.80. The van der Waals surface area contributed by atoms with E-state index in [1.807, 2.05) is 6.07 Å². The molecule has 0 radical (unpaired) electrons. The average molecular weight is 233 g/mol. The zero-order chi connectivity index (χ0) is 12.3. The van der Waals surface area contributed by atoms with Crippen molar-refractivity contribution in [3.63, 3.8) is 0 Å². The van der Waals surface area contributed by atoms with Crippen molar-refractivity contribution in [3.8, 4) is 17.1 Å². The summed E-state index contributed by atoms with van der Waals surface area (Å²) >= 11 is 0. The molecule has 0 amide bonds. The molecule has 0 saturated heterocycles. The molecule has 17 heavy (non-hydrogen) atoms. The highest BCUT2D eigenvalue weighted by Gasteiger charge is 2.18. The van der Waals surface area contributed by atoms with E-state index in [0.717, 1.165) is 24.0 Å². The third-order valence-electron chi connectivity index (χ3n) is 2.57. The van der Waals surface area contributed by atoms with Gasteiger partial charge in [0, 0.05) is 11.8 Å². The monoisotopic (exact) mass is 233 g/mol. The van der Waals surface area contributed by atoms with E-state index in [4.69, 9.17) is 15.0 Å². The smallest absolute Gasteiger partial charge is 0.176 e. The first kappa shape index (κ1) is 11.4. The summed E-state index contributed by atoms with van der Waals surface area (Å²) in [5.41, 5.74) is 7.55. The van der Waals surface area contributed by atoms with Gasteiger partial charge in [0.25, 0.3) is 0 Å². The van der Waals surface area contributed by atoms with Gasteiger partial charge in [-0.25, -0.2) is 0 Å². The van der Waals surface area contributed by atoms with Gasteiger partial charge in [-0.15, -0.1) is 0 Å². The number of hydrogen-bond donors (Lipinski definition) is 1. The molecule has 5 nitrogen and oxygen atoms in total. The fraction of sp³-hybridized carbons (Fsp3) is 0.333. The Balaban J connectivity index is 2.52. The van der Waals surface area contributed by atoms with Crippen LogP contribution in [-0.2, 0) is 6.42 Å². The Morgan fingerprint density at radius 1 is 1.47 bits per heavy atom. The molecule has 90 valence electrons. The van der Waals surface area contributed by atoms with Crippen LogP contribution in [0.4, 0.5) is 5.82 Å². The number of nitrogens with zero attached hydrogens (tertiary/aromatic N) is 2. The first-order valence-corrected chi connectivity index (χ1v) is 5.50. The maximum atomic E-state index is 5.80. The van der Waals surface area contributed by atoms with Gasteiger partial charge in [-0.3, -0.25) is 4.98 Å². The lowest BCUT2D eigenvalue weighted by Crippen LogP contribution is -1.94. The van der Waals surface area contributed by atoms with Gasteiger partial charge in [-0.05, 0) is 12.5 Å². The molecule has 0 aromatic carbocycles. The first-order valence-electron chi connectivity index (χ1n) is 5.50. The molecule has 2 rings (SSSR count). The number of ether oxygens (including phenoxy) is 1. The van der Waals surface area contributed by atoms with Gasteiger partial charge in [0.15, 0.2) is 11.6 Å². The van der Waals surface area contributed by atoms with E-state index in [2.05, 4.69) is 17.1 Å². The van der Waals surface area contributed by atoms with E-state index >= 15 is 0 Å². The van der Waals surface area contributed by atoms with E-state index in [1.54, 1.807) is 19.5 Å². The first-order chi connectivity index (χ1) is 8.27. The maximum Gasteiger partial charge on any atom is 0.176 e. The minimum atomic E-state index is 0.445. The molecular formula is C12H15N3O2. The summed E-state index contributed by atoms with van der Waals surface area (Å²) in [7, 11) is 1.60. The molecule has 2 aromatic heterocycles. The number of hydrogen-bond acceptors (Lipinski definition) is 5. The van der Waals surface area contributed by atoms with Crippen molar-refractivity contribution in [3.05, 3.63) is 24.0 Å². The fourth-order valence-corrected chi connectivity index (χ4v) is 1.75. The highest BCUT2D eigenvalue weighted by atomic mass is 16.5. The van der Waals surface area contributed by atoms with E-state index < -0.39 is 0 Å². The predicted octanol–water partition coefficient (Wildman–Crippen LogP) is 2.28. The molecule has 0 aliphatic carbocycles. The Kier molecular flexibility index (Phi) is 3.27. The molecule has 2 N–H and O–H groups in total. The number of aromatic nitrogens is 2. The van der Waals surface area contributed by atoms with Crippen LogP contribution >= 0.6 is 0 Å². The van der Waals surface area contributed by atoms with Gasteiger partial charge in [-0.1, -0.05) is 18.5 Å². The van der Waals surface area contributed by atoms with Crippen LogP contribution in [0.5, 0.6) is 5.75 Å². The van der Waals surface area contributed by atoms with Crippen LogP contribution in [0.3, 0.4) is 0 Å². The SMILES string of the molecule is CCCc1c(N)noc1-c1ccncc1OC. The summed E-state index contributed by atoms with van der Waals surface area (Å²) in [6, 6.07) is 1.83. The summed E-state index contributed by atoms with van der Waals surface area (Å²) < 4.78 is 10.5. The minimum absolute atomic E-state index is 0.445. The predicted molar refractivity (Wildman–Crippen MR) is 64.7 cm³/mol. The molecule has 0 saturated carbocycles. The van der Waals surface area contributed by atoms with Crippen LogP contribution in [0, 0.1) is 0 Å². The van der Waals surface area contributed by atoms with Gasteiger partial charge in [0.05, 0.1) is 18.9 Å². The zero-order valence-electron chi connectivity index (χ0n) is 9.93. The summed E-state index contributed by atoms with van der Waals surface area (Å²) in [4.78, 5) is 4.01. The largest absolute Gasteiger partial charge is 0.494 e. The van der Waals surface area contributed by atoms with Gasteiger partial charge in [-0.2, -0.15) is 0 Å². The molecule has 0 aliphatic heterocycles. The Bertz CT molecular complexity index is 508. The summed E-state index contributed by atoms with van der Waals surface area (Å²) in [5.74, 6) is 1.77. The lowest BCUT2D eigenvalue weighted by Gasteiger charge is -2.05. The molecule has 0 unspecified atom stereocenters.